The normalized spacial score (nSPS) is 13.5. The van der Waals surface area contributed by atoms with Crippen LogP contribution in [0.25, 0.3) is 0 Å². The number of nitro benzene ring substituents is 2. The Bertz CT molecular complexity index is 1250. The third kappa shape index (κ3) is 9.27. The fourth-order valence-electron chi connectivity index (χ4n) is 3.97. The smallest absolute Gasteiger partial charge is 0.408 e. The average molecular weight is 597 g/mol. The van der Waals surface area contributed by atoms with E-state index in [-0.39, 0.29) is 43.5 Å². The van der Waals surface area contributed by atoms with Crippen LogP contribution < -0.4 is 15.1 Å². The number of anilines is 1. The van der Waals surface area contributed by atoms with Gasteiger partial charge in [-0.1, -0.05) is 6.92 Å². The van der Waals surface area contributed by atoms with Crippen molar-refractivity contribution in [2.24, 2.45) is 0 Å². The molecule has 42 heavy (non-hydrogen) atoms. The number of carbonyl (C=O) groups excluding carboxylic acids is 4. The summed E-state index contributed by atoms with van der Waals surface area (Å²) in [7, 11) is 0. The van der Waals surface area contributed by atoms with Crippen molar-refractivity contribution in [3.8, 4) is 5.75 Å². The monoisotopic (exact) mass is 596 g/mol. The Labute approximate surface area is 241 Å². The molecule has 1 heterocycles. The van der Waals surface area contributed by atoms with Crippen LogP contribution in [0.3, 0.4) is 0 Å². The molecule has 0 fully saturated rings. The van der Waals surface area contributed by atoms with E-state index in [0.717, 1.165) is 4.90 Å². The molecule has 16 heteroatoms. The molecule has 1 atom stereocenters. The van der Waals surface area contributed by atoms with Gasteiger partial charge in [0.2, 0.25) is 5.91 Å². The van der Waals surface area contributed by atoms with Gasteiger partial charge in [-0.25, -0.2) is 14.4 Å². The van der Waals surface area contributed by atoms with Crippen LogP contribution in [0, 0.1) is 20.2 Å². The lowest BCUT2D eigenvalue weighted by Crippen LogP contribution is -2.46. The lowest BCUT2D eigenvalue weighted by atomic mass is 10.1. The van der Waals surface area contributed by atoms with E-state index in [4.69, 9.17) is 14.4 Å². The first-order chi connectivity index (χ1) is 19.3. The minimum Gasteiger partial charge on any atom is -0.458 e. The summed E-state index contributed by atoms with van der Waals surface area (Å²) < 4.78 is 10.6. The Morgan fingerprint density at radius 3 is 2.10 bits per heavy atom. The zero-order chi connectivity index (χ0) is 32.0. The third-order valence-corrected chi connectivity index (χ3v) is 5.56. The molecule has 1 N–H and O–H groups in total. The summed E-state index contributed by atoms with van der Waals surface area (Å²) in [5.74, 6) is -2.84. The number of alkyl carbamates (subject to hydrolysis) is 1. The van der Waals surface area contributed by atoms with Crippen LogP contribution in [0.2, 0.25) is 0 Å². The summed E-state index contributed by atoms with van der Waals surface area (Å²) in [6.07, 6.45) is -1.26. The molecular weight excluding hydrogens is 560 g/mol. The van der Waals surface area contributed by atoms with Crippen LogP contribution in [0.4, 0.5) is 21.9 Å². The van der Waals surface area contributed by atoms with Crippen molar-refractivity contribution >= 4 is 41.0 Å². The van der Waals surface area contributed by atoms with Gasteiger partial charge in [0.15, 0.2) is 0 Å². The molecule has 2 rings (SSSR count). The number of hydrogen-bond acceptors (Lipinski definition) is 12. The number of carbonyl (C=O) groups is 4. The highest BCUT2D eigenvalue weighted by Gasteiger charge is 2.41. The maximum absolute atomic E-state index is 13.3. The zero-order valence-electron chi connectivity index (χ0n) is 24.6. The number of nitrogens with zero attached hydrogens (tertiary/aromatic N) is 3. The predicted octanol–water partition coefficient (Wildman–Crippen LogP) is 4.04. The van der Waals surface area contributed by atoms with Crippen LogP contribution in [-0.4, -0.2) is 57.6 Å². The molecule has 2 amide bonds. The van der Waals surface area contributed by atoms with Crippen LogP contribution in [-0.2, 0) is 35.2 Å². The fraction of sp³-hybridized carbons (Fsp3) is 0.615. The second-order valence-corrected chi connectivity index (χ2v) is 11.4. The number of ether oxygens (including phenoxy) is 2. The van der Waals surface area contributed by atoms with Gasteiger partial charge in [-0.2, -0.15) is 0 Å². The Hall–Kier alpha value is -4.50. The minimum atomic E-state index is -1.30. The number of nitro groups is 2. The molecule has 0 radical (unpaired) electrons. The molecule has 1 aliphatic rings. The van der Waals surface area contributed by atoms with Gasteiger partial charge in [-0.15, -0.1) is 0 Å². The first-order valence-electron chi connectivity index (χ1n) is 13.2. The highest BCUT2D eigenvalue weighted by molar-refractivity contribution is 6.00. The molecule has 0 aliphatic carbocycles. The van der Waals surface area contributed by atoms with Gasteiger partial charge in [-0.05, 0) is 60.8 Å². The third-order valence-electron chi connectivity index (χ3n) is 5.56. The first-order valence-corrected chi connectivity index (χ1v) is 13.2. The number of amides is 2. The quantitative estimate of drug-likeness (QED) is 0.166. The summed E-state index contributed by atoms with van der Waals surface area (Å²) in [6.45, 7) is 11.3. The first kappa shape index (κ1) is 33.7. The van der Waals surface area contributed by atoms with Crippen LogP contribution in [0.15, 0.2) is 6.07 Å². The summed E-state index contributed by atoms with van der Waals surface area (Å²) >= 11 is 0. The maximum Gasteiger partial charge on any atom is 0.408 e. The van der Waals surface area contributed by atoms with E-state index in [1.54, 1.807) is 48.5 Å². The Morgan fingerprint density at radius 2 is 1.57 bits per heavy atom. The van der Waals surface area contributed by atoms with Gasteiger partial charge in [-0.3, -0.25) is 34.8 Å². The van der Waals surface area contributed by atoms with Crippen molar-refractivity contribution in [2.75, 3.05) is 11.4 Å². The van der Waals surface area contributed by atoms with E-state index in [9.17, 15) is 39.4 Å². The largest absolute Gasteiger partial charge is 0.458 e. The number of rotatable bonds is 11. The van der Waals surface area contributed by atoms with E-state index < -0.39 is 68.2 Å². The second-order valence-electron chi connectivity index (χ2n) is 11.4. The van der Waals surface area contributed by atoms with Gasteiger partial charge in [0.05, 0.1) is 9.85 Å². The zero-order valence-corrected chi connectivity index (χ0v) is 24.6. The van der Waals surface area contributed by atoms with E-state index >= 15 is 0 Å². The van der Waals surface area contributed by atoms with Crippen LogP contribution in [0.1, 0.15) is 79.7 Å². The highest BCUT2D eigenvalue weighted by Crippen LogP contribution is 2.48. The Kier molecular flexibility index (Phi) is 10.8. The molecule has 0 spiro atoms. The molecule has 0 saturated carbocycles. The summed E-state index contributed by atoms with van der Waals surface area (Å²) in [5.41, 5.74) is -3.65. The van der Waals surface area contributed by atoms with Crippen molar-refractivity contribution in [1.82, 2.24) is 5.32 Å². The summed E-state index contributed by atoms with van der Waals surface area (Å²) in [4.78, 5) is 82.9. The highest BCUT2D eigenvalue weighted by atomic mass is 17.2. The van der Waals surface area contributed by atoms with Gasteiger partial charge < -0.3 is 19.7 Å². The molecule has 16 nitrogen and oxygen atoms in total. The lowest BCUT2D eigenvalue weighted by molar-refractivity contribution is -0.395. The average Bonchev–Trinajstić information content (AvgIpc) is 3.27. The summed E-state index contributed by atoms with van der Waals surface area (Å²) in [5, 5.41) is 26.0. The molecular formula is C26H36N4O12. The predicted molar refractivity (Wildman–Crippen MR) is 146 cm³/mol. The Balaban J connectivity index is 2.39. The van der Waals surface area contributed by atoms with Gasteiger partial charge in [0, 0.05) is 24.9 Å². The number of hydrogen-bond donors (Lipinski definition) is 1. The van der Waals surface area contributed by atoms with Crippen molar-refractivity contribution < 1.29 is 48.3 Å². The number of esters is 1. The standard InChI is InChI=1S/C26H36N4O12/c1-8-9-20(32)41-42-22-15-12-13-28(21(15)17(29(35)36)14-18(22)30(37)38)19(31)11-10-16(23(33)39-25(2,3)4)27-24(34)40-26(5,6)7/h14,16H,8-13H2,1-7H3,(H,27,34)/t16-/m0/s1. The molecule has 0 aromatic heterocycles. The van der Waals surface area contributed by atoms with E-state index in [0.29, 0.717) is 12.5 Å². The lowest BCUT2D eigenvalue weighted by Gasteiger charge is -2.26. The Morgan fingerprint density at radius 1 is 0.976 bits per heavy atom. The molecule has 0 saturated heterocycles. The van der Waals surface area contributed by atoms with Crippen molar-refractivity contribution in [3.63, 3.8) is 0 Å². The number of nitrogens with one attached hydrogen (secondary N) is 1. The van der Waals surface area contributed by atoms with Gasteiger partial charge >= 0.3 is 23.7 Å². The number of benzene rings is 1. The van der Waals surface area contributed by atoms with Crippen molar-refractivity contribution in [1.29, 1.82) is 0 Å². The summed E-state index contributed by atoms with van der Waals surface area (Å²) in [6, 6.07) is -0.671. The molecule has 1 aromatic rings. The topological polar surface area (TPSA) is 207 Å². The van der Waals surface area contributed by atoms with Gasteiger partial charge in [0.25, 0.3) is 11.4 Å². The van der Waals surface area contributed by atoms with E-state index in [1.807, 2.05) is 0 Å². The molecule has 1 aliphatic heterocycles. The van der Waals surface area contributed by atoms with E-state index in [1.165, 1.54) is 0 Å². The maximum atomic E-state index is 13.3. The minimum absolute atomic E-state index is 0.0380. The molecule has 1 aromatic carbocycles. The molecule has 0 unspecified atom stereocenters. The van der Waals surface area contributed by atoms with Crippen LogP contribution in [0.5, 0.6) is 5.75 Å². The number of fused-ring (bicyclic) bond motifs is 1. The SMILES string of the molecule is CCCC(=O)OOc1c([N+](=O)[O-])cc([N+](=O)[O-])c2c1CCN2C(=O)CC[C@H](NC(=O)OC(C)(C)C)C(=O)OC(C)(C)C. The van der Waals surface area contributed by atoms with Crippen molar-refractivity contribution in [3.05, 3.63) is 31.9 Å². The van der Waals surface area contributed by atoms with Crippen LogP contribution >= 0.6 is 0 Å². The second kappa shape index (κ2) is 13.4. The van der Waals surface area contributed by atoms with E-state index in [2.05, 4.69) is 10.2 Å². The van der Waals surface area contributed by atoms with Crippen molar-refractivity contribution in [2.45, 2.75) is 97.8 Å². The molecule has 232 valence electrons. The molecule has 0 bridgehead atoms. The fourth-order valence-corrected chi connectivity index (χ4v) is 3.97. The van der Waals surface area contributed by atoms with Gasteiger partial charge in [0.1, 0.15) is 29.0 Å².